The van der Waals surface area contributed by atoms with E-state index in [1.807, 2.05) is 0 Å². The quantitative estimate of drug-likeness (QED) is 0.677. The number of esters is 1. The predicted octanol–water partition coefficient (Wildman–Crippen LogP) is 2.19. The van der Waals surface area contributed by atoms with Crippen LogP contribution in [0.25, 0.3) is 0 Å². The zero-order valence-electron chi connectivity index (χ0n) is 15.8. The van der Waals surface area contributed by atoms with Crippen LogP contribution in [0.4, 0.5) is 0 Å². The Balaban J connectivity index is 2.42. The molecule has 1 amide bonds. The Hall–Kier alpha value is -2.70. The first-order valence-electron chi connectivity index (χ1n) is 8.74. The molecule has 0 radical (unpaired) electrons. The molecule has 2 aromatic carbocycles. The lowest BCUT2D eigenvalue weighted by atomic mass is 9.87. The Bertz CT molecular complexity index is 772. The topological polar surface area (TPSA) is 102 Å². The van der Waals surface area contributed by atoms with E-state index < -0.39 is 35.7 Å². The first-order valence-corrected chi connectivity index (χ1v) is 8.74. The third kappa shape index (κ3) is 5.15. The Morgan fingerprint density at radius 2 is 1.56 bits per heavy atom. The van der Waals surface area contributed by atoms with Crippen molar-refractivity contribution in [2.45, 2.75) is 38.0 Å². The highest BCUT2D eigenvalue weighted by atomic mass is 16.6. The zero-order chi connectivity index (χ0) is 20.1. The third-order valence-corrected chi connectivity index (χ3v) is 3.99. The van der Waals surface area contributed by atoms with Gasteiger partial charge in [-0.15, -0.1) is 0 Å². The second-order valence-corrected chi connectivity index (χ2v) is 7.31. The van der Waals surface area contributed by atoms with Gasteiger partial charge in [-0.2, -0.15) is 0 Å². The zero-order valence-corrected chi connectivity index (χ0v) is 15.8. The summed E-state index contributed by atoms with van der Waals surface area (Å²) in [7, 11) is 0. The number of nitrogens with two attached hydrogens (primary N) is 1. The number of aliphatic hydroxyl groups is 1. The number of carbonyl (C=O) groups is 2. The third-order valence-electron chi connectivity index (χ3n) is 3.99. The second kappa shape index (κ2) is 8.33. The number of ether oxygens (including phenoxy) is 1. The molecule has 27 heavy (non-hydrogen) atoms. The molecule has 0 spiro atoms. The molecule has 6 heteroatoms. The summed E-state index contributed by atoms with van der Waals surface area (Å²) in [5.41, 5.74) is 3.78. The van der Waals surface area contributed by atoms with Gasteiger partial charge in [0, 0.05) is 12.1 Å². The summed E-state index contributed by atoms with van der Waals surface area (Å²) in [6.45, 7) is 4.67. The van der Waals surface area contributed by atoms with Crippen LogP contribution in [-0.2, 0) is 9.53 Å². The number of hydrogen-bond donors (Lipinski definition) is 3. The smallest absolute Gasteiger partial charge is 0.342 e. The van der Waals surface area contributed by atoms with Crippen molar-refractivity contribution in [2.24, 2.45) is 5.73 Å². The molecular formula is C21H26N2O4. The highest BCUT2D eigenvalue weighted by molar-refractivity contribution is 5.95. The summed E-state index contributed by atoms with van der Waals surface area (Å²) in [6.07, 6.45) is 0. The fourth-order valence-corrected chi connectivity index (χ4v) is 2.61. The largest absolute Gasteiger partial charge is 0.458 e. The van der Waals surface area contributed by atoms with Crippen LogP contribution in [-0.4, -0.2) is 34.7 Å². The summed E-state index contributed by atoms with van der Waals surface area (Å²) in [6, 6.07) is 16.2. The van der Waals surface area contributed by atoms with Gasteiger partial charge in [-0.1, -0.05) is 48.5 Å². The Morgan fingerprint density at radius 3 is 2.04 bits per heavy atom. The van der Waals surface area contributed by atoms with Crippen LogP contribution < -0.4 is 11.1 Å². The molecule has 0 aromatic heterocycles. The Kier molecular flexibility index (Phi) is 6.36. The molecule has 0 saturated heterocycles. The van der Waals surface area contributed by atoms with Gasteiger partial charge in [0.15, 0.2) is 5.60 Å². The van der Waals surface area contributed by atoms with E-state index in [4.69, 9.17) is 10.5 Å². The summed E-state index contributed by atoms with van der Waals surface area (Å²) in [5, 5.41) is 13.9. The van der Waals surface area contributed by atoms with Crippen molar-refractivity contribution < 1.29 is 19.4 Å². The summed E-state index contributed by atoms with van der Waals surface area (Å²) in [4.78, 5) is 25.4. The number of carbonyl (C=O) groups excluding carboxylic acids is 2. The number of amides is 1. The molecule has 0 bridgehead atoms. The van der Waals surface area contributed by atoms with Crippen molar-refractivity contribution in [3.8, 4) is 0 Å². The number of rotatable bonds is 6. The van der Waals surface area contributed by atoms with Crippen LogP contribution in [0.1, 0.15) is 42.7 Å². The van der Waals surface area contributed by atoms with E-state index in [-0.39, 0.29) is 0 Å². The number of benzene rings is 2. The predicted molar refractivity (Wildman–Crippen MR) is 103 cm³/mol. The van der Waals surface area contributed by atoms with E-state index in [0.717, 1.165) is 0 Å². The second-order valence-electron chi connectivity index (χ2n) is 7.31. The van der Waals surface area contributed by atoms with Crippen LogP contribution in [0.5, 0.6) is 0 Å². The van der Waals surface area contributed by atoms with Gasteiger partial charge in [0.1, 0.15) is 5.60 Å². The average Bonchev–Trinajstić information content (AvgIpc) is 2.65. The van der Waals surface area contributed by atoms with Gasteiger partial charge in [-0.25, -0.2) is 4.79 Å². The van der Waals surface area contributed by atoms with Gasteiger partial charge in [-0.05, 0) is 38.5 Å². The van der Waals surface area contributed by atoms with Crippen LogP contribution in [0.2, 0.25) is 0 Å². The molecule has 2 aromatic rings. The molecular weight excluding hydrogens is 344 g/mol. The molecule has 2 atom stereocenters. The van der Waals surface area contributed by atoms with Crippen molar-refractivity contribution >= 4 is 11.9 Å². The van der Waals surface area contributed by atoms with Gasteiger partial charge < -0.3 is 20.9 Å². The molecule has 6 nitrogen and oxygen atoms in total. The van der Waals surface area contributed by atoms with Crippen molar-refractivity contribution in [3.05, 3.63) is 71.8 Å². The molecule has 0 aliphatic rings. The SMILES string of the molecule is CC(C)(C)OC(=O)[C@@](O)(CN)[C@@H](NC(=O)c1ccccc1)c1ccccc1. The van der Waals surface area contributed by atoms with Gasteiger partial charge in [-0.3, -0.25) is 4.79 Å². The number of hydrogen-bond acceptors (Lipinski definition) is 5. The minimum Gasteiger partial charge on any atom is -0.458 e. The highest BCUT2D eigenvalue weighted by Gasteiger charge is 2.47. The minimum atomic E-state index is -2.13. The van der Waals surface area contributed by atoms with Crippen LogP contribution in [0.3, 0.4) is 0 Å². The van der Waals surface area contributed by atoms with Crippen molar-refractivity contribution in [1.29, 1.82) is 0 Å². The summed E-state index contributed by atoms with van der Waals surface area (Å²) < 4.78 is 5.36. The Morgan fingerprint density at radius 1 is 1.04 bits per heavy atom. The average molecular weight is 370 g/mol. The fourth-order valence-electron chi connectivity index (χ4n) is 2.61. The van der Waals surface area contributed by atoms with E-state index in [1.165, 1.54) is 0 Å². The van der Waals surface area contributed by atoms with Gasteiger partial charge >= 0.3 is 5.97 Å². The lowest BCUT2D eigenvalue weighted by molar-refractivity contribution is -0.179. The van der Waals surface area contributed by atoms with Gasteiger partial charge in [0.05, 0.1) is 6.04 Å². The Labute approximate surface area is 159 Å². The maximum atomic E-state index is 12.7. The van der Waals surface area contributed by atoms with E-state index in [1.54, 1.807) is 81.4 Å². The molecule has 144 valence electrons. The van der Waals surface area contributed by atoms with Gasteiger partial charge in [0.25, 0.3) is 5.91 Å². The normalized spacial score (nSPS) is 14.7. The van der Waals surface area contributed by atoms with Crippen molar-refractivity contribution in [1.82, 2.24) is 5.32 Å². The molecule has 0 unspecified atom stereocenters. The fraction of sp³-hybridized carbons (Fsp3) is 0.333. The first-order chi connectivity index (χ1) is 12.7. The van der Waals surface area contributed by atoms with E-state index >= 15 is 0 Å². The van der Waals surface area contributed by atoms with E-state index in [9.17, 15) is 14.7 Å². The van der Waals surface area contributed by atoms with Crippen LogP contribution >= 0.6 is 0 Å². The first kappa shape index (κ1) is 20.6. The highest BCUT2D eigenvalue weighted by Crippen LogP contribution is 2.29. The standard InChI is InChI=1S/C21H26N2O4/c1-20(2,3)27-19(25)21(26,14-22)17(15-10-6-4-7-11-15)23-18(24)16-12-8-5-9-13-16/h4-13,17,26H,14,22H2,1-3H3,(H,23,24)/t17-,21+/m0/s1. The molecule has 0 saturated carbocycles. The molecule has 4 N–H and O–H groups in total. The van der Waals surface area contributed by atoms with Crippen LogP contribution in [0.15, 0.2) is 60.7 Å². The molecule has 0 heterocycles. The van der Waals surface area contributed by atoms with E-state index in [2.05, 4.69) is 5.32 Å². The van der Waals surface area contributed by atoms with Crippen molar-refractivity contribution in [2.75, 3.05) is 6.54 Å². The van der Waals surface area contributed by atoms with Crippen molar-refractivity contribution in [3.63, 3.8) is 0 Å². The molecule has 0 fully saturated rings. The van der Waals surface area contributed by atoms with Gasteiger partial charge in [0.2, 0.25) is 0 Å². The van der Waals surface area contributed by atoms with E-state index in [0.29, 0.717) is 11.1 Å². The maximum absolute atomic E-state index is 12.7. The molecule has 2 rings (SSSR count). The monoisotopic (exact) mass is 370 g/mol. The number of nitrogens with one attached hydrogen (secondary N) is 1. The lowest BCUT2D eigenvalue weighted by Gasteiger charge is -2.36. The molecule has 0 aliphatic heterocycles. The maximum Gasteiger partial charge on any atom is 0.342 e. The van der Waals surface area contributed by atoms with Crippen LogP contribution in [0, 0.1) is 0 Å². The summed E-state index contributed by atoms with van der Waals surface area (Å²) in [5.74, 6) is -1.32. The molecule has 0 aliphatic carbocycles. The minimum absolute atomic E-state index is 0.405. The lowest BCUT2D eigenvalue weighted by Crippen LogP contribution is -2.57. The summed E-state index contributed by atoms with van der Waals surface area (Å²) >= 11 is 0.